The summed E-state index contributed by atoms with van der Waals surface area (Å²) >= 11 is 3.09. The maximum absolute atomic E-state index is 12.7. The summed E-state index contributed by atoms with van der Waals surface area (Å²) in [6.07, 6.45) is -1.84. The van der Waals surface area contributed by atoms with Crippen molar-refractivity contribution in [1.82, 2.24) is 4.98 Å². The number of aromatic nitrogens is 1. The third-order valence-electron chi connectivity index (χ3n) is 2.64. The predicted octanol–water partition coefficient (Wildman–Crippen LogP) is 3.70. The molecule has 0 bridgehead atoms. The molecule has 2 rings (SSSR count). The minimum absolute atomic E-state index is 0.00178. The molecule has 0 aliphatic rings. The number of carbonyl (C=O) groups excluding carboxylic acids is 1. The minimum atomic E-state index is -4.49. The molecular weight excluding hydrogens is 351 g/mol. The van der Waals surface area contributed by atoms with E-state index in [1.165, 1.54) is 24.5 Å². The smallest absolute Gasteiger partial charge is 0.398 e. The fraction of sp³-hybridized carbons (Fsp3) is 0.0769. The van der Waals surface area contributed by atoms with Crippen LogP contribution in [0.4, 0.5) is 24.5 Å². The van der Waals surface area contributed by atoms with E-state index in [0.717, 1.165) is 12.1 Å². The van der Waals surface area contributed by atoms with E-state index in [-0.39, 0.29) is 16.9 Å². The Bertz CT molecular complexity index is 689. The average molecular weight is 360 g/mol. The highest BCUT2D eigenvalue weighted by Crippen LogP contribution is 2.34. The zero-order valence-corrected chi connectivity index (χ0v) is 12.0. The molecule has 21 heavy (non-hydrogen) atoms. The largest absolute Gasteiger partial charge is 0.416 e. The lowest BCUT2D eigenvalue weighted by molar-refractivity contribution is -0.137. The summed E-state index contributed by atoms with van der Waals surface area (Å²) in [4.78, 5) is 15.8. The number of carbonyl (C=O) groups is 1. The normalized spacial score (nSPS) is 11.2. The summed E-state index contributed by atoms with van der Waals surface area (Å²) in [7, 11) is 0. The van der Waals surface area contributed by atoms with Crippen LogP contribution in [-0.4, -0.2) is 10.9 Å². The molecule has 4 nitrogen and oxygen atoms in total. The van der Waals surface area contributed by atoms with Gasteiger partial charge in [0.15, 0.2) is 0 Å². The number of amides is 1. The predicted molar refractivity (Wildman–Crippen MR) is 75.7 cm³/mol. The zero-order valence-electron chi connectivity index (χ0n) is 10.4. The van der Waals surface area contributed by atoms with E-state index in [4.69, 9.17) is 5.73 Å². The first kappa shape index (κ1) is 15.3. The molecule has 110 valence electrons. The van der Waals surface area contributed by atoms with Gasteiger partial charge in [-0.1, -0.05) is 0 Å². The molecule has 0 fully saturated rings. The Morgan fingerprint density at radius 1 is 1.29 bits per heavy atom. The lowest BCUT2D eigenvalue weighted by Crippen LogP contribution is -2.15. The molecule has 1 heterocycles. The quantitative estimate of drug-likeness (QED) is 0.858. The number of alkyl halides is 3. The Morgan fingerprint density at radius 2 is 2.00 bits per heavy atom. The number of nitrogens with two attached hydrogens (primary N) is 1. The van der Waals surface area contributed by atoms with Crippen molar-refractivity contribution in [2.45, 2.75) is 6.18 Å². The second kappa shape index (κ2) is 5.72. The number of nitrogens with one attached hydrogen (secondary N) is 1. The molecule has 1 aromatic heterocycles. The van der Waals surface area contributed by atoms with Gasteiger partial charge < -0.3 is 11.1 Å². The van der Waals surface area contributed by atoms with Crippen LogP contribution >= 0.6 is 15.9 Å². The van der Waals surface area contributed by atoms with Crippen LogP contribution in [0, 0.1) is 0 Å². The van der Waals surface area contributed by atoms with E-state index in [1.807, 2.05) is 0 Å². The van der Waals surface area contributed by atoms with Crippen LogP contribution in [0.3, 0.4) is 0 Å². The number of hydrogen-bond donors (Lipinski definition) is 2. The number of benzene rings is 1. The molecule has 1 amide bonds. The third-order valence-corrected chi connectivity index (χ3v) is 3.33. The summed E-state index contributed by atoms with van der Waals surface area (Å²) in [5, 5.41) is 2.37. The Kier molecular flexibility index (Phi) is 4.17. The van der Waals surface area contributed by atoms with Crippen molar-refractivity contribution in [3.8, 4) is 0 Å². The molecule has 0 spiro atoms. The average Bonchev–Trinajstić information content (AvgIpc) is 2.40. The lowest BCUT2D eigenvalue weighted by Gasteiger charge is -2.12. The molecule has 0 radical (unpaired) electrons. The number of nitrogens with zero attached hydrogens (tertiary/aromatic N) is 1. The first-order valence-corrected chi connectivity index (χ1v) is 6.46. The van der Waals surface area contributed by atoms with Gasteiger partial charge in [-0.25, -0.2) is 0 Å². The van der Waals surface area contributed by atoms with Crippen LogP contribution in [0.5, 0.6) is 0 Å². The first-order valence-electron chi connectivity index (χ1n) is 5.66. The number of nitrogen functional groups attached to an aromatic ring is 1. The van der Waals surface area contributed by atoms with Crippen molar-refractivity contribution in [1.29, 1.82) is 0 Å². The Labute approximate surface area is 126 Å². The van der Waals surface area contributed by atoms with Crippen molar-refractivity contribution in [3.63, 3.8) is 0 Å². The van der Waals surface area contributed by atoms with Gasteiger partial charge in [-0.2, -0.15) is 13.2 Å². The van der Waals surface area contributed by atoms with Gasteiger partial charge in [-0.05, 0) is 40.2 Å². The molecule has 0 unspecified atom stereocenters. The number of rotatable bonds is 2. The monoisotopic (exact) mass is 359 g/mol. The first-order chi connectivity index (χ1) is 9.79. The van der Waals surface area contributed by atoms with Crippen molar-refractivity contribution < 1.29 is 18.0 Å². The van der Waals surface area contributed by atoms with E-state index >= 15 is 0 Å². The molecule has 0 aliphatic heterocycles. The van der Waals surface area contributed by atoms with Gasteiger partial charge in [0, 0.05) is 22.6 Å². The fourth-order valence-corrected chi connectivity index (χ4v) is 1.93. The van der Waals surface area contributed by atoms with Gasteiger partial charge in [0.2, 0.25) is 0 Å². The summed E-state index contributed by atoms with van der Waals surface area (Å²) in [6.45, 7) is 0. The fourth-order valence-electron chi connectivity index (χ4n) is 1.58. The number of anilines is 2. The minimum Gasteiger partial charge on any atom is -0.398 e. The maximum atomic E-state index is 12.7. The number of halogens is 4. The molecule has 0 saturated carbocycles. The Hall–Kier alpha value is -2.09. The second-order valence-electron chi connectivity index (χ2n) is 4.11. The molecule has 0 atom stereocenters. The topological polar surface area (TPSA) is 68.0 Å². The van der Waals surface area contributed by atoms with E-state index in [2.05, 4.69) is 26.2 Å². The Balaban J connectivity index is 2.31. The summed E-state index contributed by atoms with van der Waals surface area (Å²) < 4.78 is 38.3. The zero-order chi connectivity index (χ0) is 15.6. The maximum Gasteiger partial charge on any atom is 0.416 e. The van der Waals surface area contributed by atoms with E-state index in [0.29, 0.717) is 4.47 Å². The summed E-state index contributed by atoms with van der Waals surface area (Å²) in [6, 6.07) is 4.40. The molecular formula is C13H9BrF3N3O. The van der Waals surface area contributed by atoms with Gasteiger partial charge >= 0.3 is 6.18 Å². The van der Waals surface area contributed by atoms with Crippen molar-refractivity contribution >= 4 is 33.2 Å². The van der Waals surface area contributed by atoms with Crippen molar-refractivity contribution in [2.24, 2.45) is 0 Å². The van der Waals surface area contributed by atoms with E-state index in [1.54, 1.807) is 0 Å². The van der Waals surface area contributed by atoms with Gasteiger partial charge in [0.05, 0.1) is 16.8 Å². The SMILES string of the molecule is Nc1ccncc1C(=O)Nc1cc(C(F)(F)F)ccc1Br. The van der Waals surface area contributed by atoms with Crippen molar-refractivity contribution in [3.05, 3.63) is 52.3 Å². The van der Waals surface area contributed by atoms with Gasteiger partial charge in [-0.15, -0.1) is 0 Å². The molecule has 8 heteroatoms. The molecule has 3 N–H and O–H groups in total. The van der Waals surface area contributed by atoms with Gasteiger partial charge in [-0.3, -0.25) is 9.78 Å². The van der Waals surface area contributed by atoms with Crippen LogP contribution in [0.25, 0.3) is 0 Å². The molecule has 0 saturated heterocycles. The molecule has 1 aromatic carbocycles. The van der Waals surface area contributed by atoms with Gasteiger partial charge in [0.1, 0.15) is 0 Å². The highest BCUT2D eigenvalue weighted by Gasteiger charge is 2.31. The van der Waals surface area contributed by atoms with Crippen LogP contribution in [0.15, 0.2) is 41.1 Å². The van der Waals surface area contributed by atoms with Crippen molar-refractivity contribution in [2.75, 3.05) is 11.1 Å². The molecule has 2 aromatic rings. The number of pyridine rings is 1. The summed E-state index contributed by atoms with van der Waals surface area (Å²) in [5.74, 6) is -0.638. The van der Waals surface area contributed by atoms with E-state index in [9.17, 15) is 18.0 Å². The molecule has 0 aliphatic carbocycles. The Morgan fingerprint density at radius 3 is 2.62 bits per heavy atom. The highest BCUT2D eigenvalue weighted by atomic mass is 79.9. The van der Waals surface area contributed by atoms with Gasteiger partial charge in [0.25, 0.3) is 5.91 Å². The number of hydrogen-bond acceptors (Lipinski definition) is 3. The van der Waals surface area contributed by atoms with Crippen LogP contribution in [0.2, 0.25) is 0 Å². The lowest BCUT2D eigenvalue weighted by atomic mass is 10.1. The van der Waals surface area contributed by atoms with Crippen LogP contribution in [0.1, 0.15) is 15.9 Å². The summed E-state index contributed by atoms with van der Waals surface area (Å²) in [5.41, 5.74) is 5.03. The second-order valence-corrected chi connectivity index (χ2v) is 4.96. The van der Waals surface area contributed by atoms with Crippen LogP contribution in [-0.2, 0) is 6.18 Å². The van der Waals surface area contributed by atoms with E-state index < -0.39 is 17.6 Å². The highest BCUT2D eigenvalue weighted by molar-refractivity contribution is 9.10. The standard InChI is InChI=1S/C13H9BrF3N3O/c14-9-2-1-7(13(15,16)17)5-11(9)20-12(21)8-6-19-4-3-10(8)18/h1-6H,(H2,18,19)(H,20,21). The third kappa shape index (κ3) is 3.52. The van der Waals surface area contributed by atoms with Crippen LogP contribution < -0.4 is 11.1 Å².